The molecule has 1 fully saturated rings. The summed E-state index contributed by atoms with van der Waals surface area (Å²) in [4.78, 5) is 17.0. The highest BCUT2D eigenvalue weighted by molar-refractivity contribution is 5.76. The van der Waals surface area contributed by atoms with E-state index in [1.54, 1.807) is 6.92 Å². The molecule has 0 heterocycles. The minimum atomic E-state index is -0.829. The zero-order valence-electron chi connectivity index (χ0n) is 11.0. The molecule has 18 heavy (non-hydrogen) atoms. The van der Waals surface area contributed by atoms with Gasteiger partial charge < -0.3 is 16.6 Å². The van der Waals surface area contributed by atoms with Crippen LogP contribution >= 0.6 is 0 Å². The molecule has 0 aliphatic heterocycles. The molecule has 5 N–H and O–H groups in total. The van der Waals surface area contributed by atoms with Gasteiger partial charge in [-0.25, -0.2) is 4.99 Å². The van der Waals surface area contributed by atoms with E-state index >= 15 is 0 Å². The van der Waals surface area contributed by atoms with E-state index in [4.69, 9.17) is 16.6 Å². The highest BCUT2D eigenvalue weighted by Crippen LogP contribution is 2.23. The van der Waals surface area contributed by atoms with Crippen LogP contribution in [0.5, 0.6) is 0 Å². The third-order valence-corrected chi connectivity index (χ3v) is 3.57. The van der Waals surface area contributed by atoms with E-state index in [9.17, 15) is 4.79 Å². The number of nitrogens with zero attached hydrogens (tertiary/aromatic N) is 2. The first kappa shape index (κ1) is 14.8. The van der Waals surface area contributed by atoms with Crippen molar-refractivity contribution in [3.8, 4) is 0 Å². The lowest BCUT2D eigenvalue weighted by Gasteiger charge is -2.32. The number of aliphatic carboxylic acids is 1. The Kier molecular flexibility index (Phi) is 5.91. The Labute approximate surface area is 108 Å². The first-order valence-corrected chi connectivity index (χ1v) is 6.56. The summed E-state index contributed by atoms with van der Waals surface area (Å²) in [5.74, 6) is -0.823. The van der Waals surface area contributed by atoms with Gasteiger partial charge >= 0.3 is 5.97 Å². The van der Waals surface area contributed by atoms with Crippen LogP contribution in [0.3, 0.4) is 0 Å². The smallest absolute Gasteiger partial charge is 0.320 e. The number of hydrogen-bond donors (Lipinski definition) is 3. The summed E-state index contributed by atoms with van der Waals surface area (Å²) in [5.41, 5.74) is 10.7. The van der Waals surface area contributed by atoms with Crippen LogP contribution in [0.4, 0.5) is 0 Å². The molecule has 0 aromatic rings. The molecule has 0 spiro atoms. The molecular weight excluding hydrogens is 232 g/mol. The molecule has 0 radical (unpaired) electrons. The lowest BCUT2D eigenvalue weighted by Crippen LogP contribution is -2.46. The van der Waals surface area contributed by atoms with Crippen molar-refractivity contribution < 1.29 is 9.90 Å². The average molecular weight is 256 g/mol. The summed E-state index contributed by atoms with van der Waals surface area (Å²) in [6.45, 7) is 1.95. The number of carboxylic acids is 1. The summed E-state index contributed by atoms with van der Waals surface area (Å²) in [6.07, 6.45) is 6.81. The van der Waals surface area contributed by atoms with Crippen molar-refractivity contribution in [1.29, 1.82) is 0 Å². The quantitative estimate of drug-likeness (QED) is 0.382. The molecule has 104 valence electrons. The Hall–Kier alpha value is -1.30. The molecule has 1 rings (SSSR count). The second kappa shape index (κ2) is 7.20. The molecule has 1 saturated carbocycles. The largest absolute Gasteiger partial charge is 0.480 e. The highest BCUT2D eigenvalue weighted by Gasteiger charge is 2.28. The number of carbonyl (C=O) groups is 1. The monoisotopic (exact) mass is 256 g/mol. The minimum absolute atomic E-state index is 0.00575. The van der Waals surface area contributed by atoms with Crippen LogP contribution in [0.1, 0.15) is 45.4 Å². The van der Waals surface area contributed by atoms with Crippen molar-refractivity contribution >= 4 is 11.9 Å². The standard InChI is InChI=1S/C12H24N4O2/c1-9(11(17)18)16(8-15-12(13)14)10-6-4-2-3-5-7-10/h9-10H,2-8H2,1H3,(H,17,18)(H4,13,14,15). The van der Waals surface area contributed by atoms with E-state index < -0.39 is 12.0 Å². The maximum atomic E-state index is 11.2. The third-order valence-electron chi connectivity index (χ3n) is 3.57. The number of guanidine groups is 1. The van der Waals surface area contributed by atoms with Gasteiger partial charge in [0.15, 0.2) is 5.96 Å². The minimum Gasteiger partial charge on any atom is -0.480 e. The van der Waals surface area contributed by atoms with Gasteiger partial charge in [-0.05, 0) is 19.8 Å². The zero-order chi connectivity index (χ0) is 13.5. The van der Waals surface area contributed by atoms with Crippen LogP contribution in [0.15, 0.2) is 4.99 Å². The van der Waals surface area contributed by atoms with Crippen LogP contribution in [0.2, 0.25) is 0 Å². The Bertz CT molecular complexity index is 294. The van der Waals surface area contributed by atoms with Crippen molar-refractivity contribution in [2.45, 2.75) is 57.5 Å². The maximum absolute atomic E-state index is 11.2. The second-order valence-electron chi connectivity index (χ2n) is 4.90. The molecule has 0 aromatic carbocycles. The molecule has 1 unspecified atom stereocenters. The summed E-state index contributed by atoms with van der Waals surface area (Å²) < 4.78 is 0. The molecule has 6 heteroatoms. The fourth-order valence-electron chi connectivity index (χ4n) is 2.45. The van der Waals surface area contributed by atoms with Crippen LogP contribution in [0.25, 0.3) is 0 Å². The number of rotatable bonds is 5. The second-order valence-corrected chi connectivity index (χ2v) is 4.90. The Morgan fingerprint density at radius 3 is 2.33 bits per heavy atom. The number of nitrogens with two attached hydrogens (primary N) is 2. The van der Waals surface area contributed by atoms with Crippen molar-refractivity contribution in [1.82, 2.24) is 4.90 Å². The van der Waals surface area contributed by atoms with Gasteiger partial charge in [0.25, 0.3) is 0 Å². The molecule has 0 amide bonds. The van der Waals surface area contributed by atoms with E-state index in [2.05, 4.69) is 4.99 Å². The van der Waals surface area contributed by atoms with E-state index in [1.165, 1.54) is 12.8 Å². The van der Waals surface area contributed by atoms with Gasteiger partial charge in [0.1, 0.15) is 6.04 Å². The van der Waals surface area contributed by atoms with Gasteiger partial charge in [-0.1, -0.05) is 25.7 Å². The van der Waals surface area contributed by atoms with Crippen molar-refractivity contribution in [3.63, 3.8) is 0 Å². The van der Waals surface area contributed by atoms with Crippen LogP contribution in [0, 0.1) is 0 Å². The molecule has 1 aliphatic rings. The zero-order valence-corrected chi connectivity index (χ0v) is 11.0. The average Bonchev–Trinajstić information content (AvgIpc) is 2.57. The molecule has 0 aromatic heterocycles. The molecule has 6 nitrogen and oxygen atoms in total. The topological polar surface area (TPSA) is 105 Å². The van der Waals surface area contributed by atoms with Gasteiger partial charge in [0.2, 0.25) is 0 Å². The third kappa shape index (κ3) is 4.52. The molecule has 1 atom stereocenters. The van der Waals surface area contributed by atoms with Gasteiger partial charge in [-0.3, -0.25) is 9.69 Å². The molecule has 0 bridgehead atoms. The fraction of sp³-hybridized carbons (Fsp3) is 0.833. The van der Waals surface area contributed by atoms with Crippen LogP contribution < -0.4 is 11.5 Å². The van der Waals surface area contributed by atoms with E-state index in [1.807, 2.05) is 4.90 Å². The Balaban J connectivity index is 2.73. The first-order valence-electron chi connectivity index (χ1n) is 6.56. The lowest BCUT2D eigenvalue weighted by atomic mass is 10.1. The number of hydrogen-bond acceptors (Lipinski definition) is 3. The fourth-order valence-corrected chi connectivity index (χ4v) is 2.45. The predicted octanol–water partition coefficient (Wildman–Crippen LogP) is 0.715. The van der Waals surface area contributed by atoms with Gasteiger partial charge in [-0.15, -0.1) is 0 Å². The lowest BCUT2D eigenvalue weighted by molar-refractivity contribution is -0.143. The highest BCUT2D eigenvalue weighted by atomic mass is 16.4. The van der Waals surface area contributed by atoms with Crippen molar-refractivity contribution in [3.05, 3.63) is 0 Å². The first-order chi connectivity index (χ1) is 8.52. The van der Waals surface area contributed by atoms with Crippen molar-refractivity contribution in [2.24, 2.45) is 16.5 Å². The Morgan fingerprint density at radius 2 is 1.89 bits per heavy atom. The van der Waals surface area contributed by atoms with Gasteiger partial charge in [0.05, 0.1) is 6.67 Å². The van der Waals surface area contributed by atoms with Crippen molar-refractivity contribution in [2.75, 3.05) is 6.67 Å². The SMILES string of the molecule is CC(C(=O)O)N(CN=C(N)N)C1CCCCCC1. The van der Waals surface area contributed by atoms with Gasteiger partial charge in [-0.2, -0.15) is 0 Å². The van der Waals surface area contributed by atoms with E-state index in [0.717, 1.165) is 25.7 Å². The number of carboxylic acid groups (broad SMARTS) is 1. The normalized spacial score (nSPS) is 19.2. The Morgan fingerprint density at radius 1 is 1.33 bits per heavy atom. The van der Waals surface area contributed by atoms with Crippen LogP contribution in [-0.2, 0) is 4.79 Å². The predicted molar refractivity (Wildman–Crippen MR) is 71.1 cm³/mol. The summed E-state index contributed by atoms with van der Waals surface area (Å²) in [7, 11) is 0. The summed E-state index contributed by atoms with van der Waals surface area (Å²) in [6, 6.07) is -0.294. The van der Waals surface area contributed by atoms with E-state index in [0.29, 0.717) is 0 Å². The number of aliphatic imine (C=N–C) groups is 1. The van der Waals surface area contributed by atoms with E-state index in [-0.39, 0.29) is 18.7 Å². The molecular formula is C12H24N4O2. The molecule has 1 aliphatic carbocycles. The van der Waals surface area contributed by atoms with Gasteiger partial charge in [0, 0.05) is 6.04 Å². The summed E-state index contributed by atoms with van der Waals surface area (Å²) >= 11 is 0. The summed E-state index contributed by atoms with van der Waals surface area (Å²) in [5, 5.41) is 9.17. The maximum Gasteiger partial charge on any atom is 0.320 e. The van der Waals surface area contributed by atoms with Crippen LogP contribution in [-0.4, -0.2) is 40.7 Å². The molecule has 0 saturated heterocycles.